The molecule has 3 aliphatic rings. The first-order valence-corrected chi connectivity index (χ1v) is 18.3. The van der Waals surface area contributed by atoms with Crippen LogP contribution in [0.25, 0.3) is 21.5 Å². The Hall–Kier alpha value is -3.97. The molecule has 0 amide bonds. The topological polar surface area (TPSA) is 63.5 Å². The first kappa shape index (κ1) is 32.6. The average Bonchev–Trinajstić information content (AvgIpc) is 3.35. The van der Waals surface area contributed by atoms with E-state index in [9.17, 15) is 13.0 Å². The molecule has 4 aromatic rings. The predicted octanol–water partition coefficient (Wildman–Crippen LogP) is 9.68. The molecular weight excluding hydrogens is 636 g/mol. The second kappa shape index (κ2) is 11.3. The van der Waals surface area contributed by atoms with Crippen LogP contribution in [0.4, 0.5) is 11.4 Å². The van der Waals surface area contributed by atoms with Gasteiger partial charge in [0, 0.05) is 46.6 Å². The van der Waals surface area contributed by atoms with Crippen LogP contribution < -0.4 is 4.90 Å². The van der Waals surface area contributed by atoms with Crippen molar-refractivity contribution in [3.05, 3.63) is 124 Å². The van der Waals surface area contributed by atoms with Crippen molar-refractivity contribution < 1.29 is 17.5 Å². The highest BCUT2D eigenvalue weighted by Crippen LogP contribution is 2.50. The third-order valence-electron chi connectivity index (χ3n) is 10.7. The van der Waals surface area contributed by atoms with Crippen molar-refractivity contribution in [2.75, 3.05) is 19.0 Å². The minimum atomic E-state index is -4.53. The maximum Gasteiger partial charge on any atom is 0.210 e. The zero-order valence-corrected chi connectivity index (χ0v) is 30.2. The summed E-state index contributed by atoms with van der Waals surface area (Å²) in [5, 5.41) is 5.08. The van der Waals surface area contributed by atoms with Crippen LogP contribution in [0, 0.1) is 6.92 Å². The molecule has 48 heavy (non-hydrogen) atoms. The van der Waals surface area contributed by atoms with E-state index in [1.165, 1.54) is 45.4 Å². The summed E-state index contributed by atoms with van der Waals surface area (Å²) in [5.74, 6) is 0. The number of benzene rings is 4. The van der Waals surface area contributed by atoms with Crippen molar-refractivity contribution in [1.29, 1.82) is 0 Å². The molecule has 0 saturated heterocycles. The SMILES string of the molecule is Cc1ccc2c3c(ccc2c1)[N+](C)=C(/C=C/C1=C(Cl)C(=C/C=C2/N(C)c4ccc5cc(S(=O)(=O)[O-])ccc5c4C2(C)C)/CCC1)C3(C)C. The number of likely N-dealkylation sites (N-methyl/N-ethyl adjacent to an activating group) is 1. The number of rotatable bonds is 4. The van der Waals surface area contributed by atoms with E-state index in [0.717, 1.165) is 63.2 Å². The van der Waals surface area contributed by atoms with E-state index >= 15 is 0 Å². The Kier molecular flexibility index (Phi) is 7.67. The van der Waals surface area contributed by atoms with Crippen molar-refractivity contribution in [3.63, 3.8) is 0 Å². The van der Waals surface area contributed by atoms with E-state index in [4.69, 9.17) is 11.6 Å². The quantitative estimate of drug-likeness (QED) is 0.160. The molecule has 0 bridgehead atoms. The molecule has 2 aliphatic heterocycles. The van der Waals surface area contributed by atoms with Gasteiger partial charge in [0.1, 0.15) is 17.2 Å². The number of aryl methyl sites for hydroxylation is 1. The van der Waals surface area contributed by atoms with Crippen LogP contribution in [-0.4, -0.2) is 37.4 Å². The van der Waals surface area contributed by atoms with Crippen LogP contribution in [0.15, 0.2) is 112 Å². The Balaban J connectivity index is 1.21. The lowest BCUT2D eigenvalue weighted by atomic mass is 9.78. The average molecular weight is 677 g/mol. The van der Waals surface area contributed by atoms with Gasteiger partial charge in [-0.3, -0.25) is 0 Å². The highest BCUT2D eigenvalue weighted by atomic mass is 35.5. The molecule has 0 radical (unpaired) electrons. The predicted molar refractivity (Wildman–Crippen MR) is 198 cm³/mol. The Labute approximate surface area is 289 Å². The number of halogens is 1. The first-order valence-electron chi connectivity index (χ1n) is 16.5. The van der Waals surface area contributed by atoms with Gasteiger partial charge in [-0.25, -0.2) is 8.42 Å². The Morgan fingerprint density at radius 1 is 0.854 bits per heavy atom. The summed E-state index contributed by atoms with van der Waals surface area (Å²) in [5.41, 5.74) is 10.2. The highest BCUT2D eigenvalue weighted by molar-refractivity contribution is 7.85. The fourth-order valence-electron chi connectivity index (χ4n) is 8.32. The van der Waals surface area contributed by atoms with E-state index in [0.29, 0.717) is 0 Å². The smallest absolute Gasteiger partial charge is 0.210 e. The van der Waals surface area contributed by atoms with Gasteiger partial charge in [0.15, 0.2) is 5.71 Å². The van der Waals surface area contributed by atoms with Crippen molar-refractivity contribution >= 4 is 60.4 Å². The van der Waals surface area contributed by atoms with Crippen molar-refractivity contribution in [1.82, 2.24) is 0 Å². The molecule has 7 heteroatoms. The van der Waals surface area contributed by atoms with Gasteiger partial charge in [-0.05, 0) is 109 Å². The van der Waals surface area contributed by atoms with Gasteiger partial charge in [-0.1, -0.05) is 73.5 Å². The summed E-state index contributed by atoms with van der Waals surface area (Å²) < 4.78 is 37.3. The number of hydrogen-bond acceptors (Lipinski definition) is 4. The number of allylic oxidation sites excluding steroid dienone is 8. The van der Waals surface area contributed by atoms with Crippen LogP contribution in [0.3, 0.4) is 0 Å². The van der Waals surface area contributed by atoms with Gasteiger partial charge in [0.05, 0.1) is 10.3 Å². The van der Waals surface area contributed by atoms with Gasteiger partial charge < -0.3 is 9.45 Å². The Morgan fingerprint density at radius 2 is 1.54 bits per heavy atom. The molecule has 4 aromatic carbocycles. The molecule has 0 unspecified atom stereocenters. The minimum Gasteiger partial charge on any atom is -0.744 e. The second-order valence-corrected chi connectivity index (χ2v) is 16.3. The van der Waals surface area contributed by atoms with Crippen LogP contribution in [0.5, 0.6) is 0 Å². The molecule has 0 atom stereocenters. The fraction of sp³-hybridized carbons (Fsp3) is 0.293. The summed E-state index contributed by atoms with van der Waals surface area (Å²) in [6, 6.07) is 19.8. The molecular formula is C41H41ClN2O3S. The first-order chi connectivity index (χ1) is 22.6. The number of fused-ring (bicyclic) bond motifs is 6. The highest BCUT2D eigenvalue weighted by Gasteiger charge is 2.44. The van der Waals surface area contributed by atoms with Gasteiger partial charge in [-0.15, -0.1) is 0 Å². The zero-order chi connectivity index (χ0) is 34.3. The van der Waals surface area contributed by atoms with E-state index < -0.39 is 10.1 Å². The molecule has 0 fully saturated rings. The summed E-state index contributed by atoms with van der Waals surface area (Å²) in [6.07, 6.45) is 11.7. The van der Waals surface area contributed by atoms with E-state index in [1.54, 1.807) is 6.07 Å². The minimum absolute atomic E-state index is 0.164. The van der Waals surface area contributed by atoms with Crippen LogP contribution in [-0.2, 0) is 20.9 Å². The third-order valence-corrected chi connectivity index (χ3v) is 12.0. The molecule has 0 spiro atoms. The normalized spacial score (nSPS) is 20.6. The molecule has 7 rings (SSSR count). The maximum absolute atomic E-state index is 11.7. The monoisotopic (exact) mass is 676 g/mol. The van der Waals surface area contributed by atoms with Crippen LogP contribution >= 0.6 is 11.6 Å². The maximum atomic E-state index is 11.7. The lowest BCUT2D eigenvalue weighted by Crippen LogP contribution is -2.27. The van der Waals surface area contributed by atoms with Crippen molar-refractivity contribution in [2.24, 2.45) is 0 Å². The molecule has 2 heterocycles. The number of hydrogen-bond donors (Lipinski definition) is 0. The molecule has 246 valence electrons. The lowest BCUT2D eigenvalue weighted by molar-refractivity contribution is -0.401. The molecule has 1 aliphatic carbocycles. The molecule has 0 saturated carbocycles. The Bertz CT molecular complexity index is 2340. The van der Waals surface area contributed by atoms with Gasteiger partial charge in [-0.2, -0.15) is 4.58 Å². The summed E-state index contributed by atoms with van der Waals surface area (Å²) in [6.45, 7) is 11.1. The summed E-state index contributed by atoms with van der Waals surface area (Å²) in [4.78, 5) is 1.99. The van der Waals surface area contributed by atoms with Crippen molar-refractivity contribution in [3.8, 4) is 0 Å². The summed E-state index contributed by atoms with van der Waals surface area (Å²) in [7, 11) is -0.312. The second-order valence-electron chi connectivity index (χ2n) is 14.5. The lowest BCUT2D eigenvalue weighted by Gasteiger charge is -2.25. The number of anilines is 1. The largest absolute Gasteiger partial charge is 0.744 e. The van der Waals surface area contributed by atoms with Gasteiger partial charge in [0.25, 0.3) is 0 Å². The van der Waals surface area contributed by atoms with E-state index in [2.05, 4.69) is 113 Å². The third kappa shape index (κ3) is 5.08. The zero-order valence-electron chi connectivity index (χ0n) is 28.6. The number of nitrogens with zero attached hydrogens (tertiary/aromatic N) is 2. The van der Waals surface area contributed by atoms with Gasteiger partial charge in [0.2, 0.25) is 5.69 Å². The molecule has 0 aromatic heterocycles. The van der Waals surface area contributed by atoms with E-state index in [-0.39, 0.29) is 15.7 Å². The summed E-state index contributed by atoms with van der Waals surface area (Å²) >= 11 is 7.16. The molecule has 0 N–H and O–H groups in total. The van der Waals surface area contributed by atoms with Gasteiger partial charge >= 0.3 is 0 Å². The van der Waals surface area contributed by atoms with Crippen LogP contribution in [0.2, 0.25) is 0 Å². The van der Waals surface area contributed by atoms with Crippen LogP contribution in [0.1, 0.15) is 63.6 Å². The standard InChI is InChI=1S/C41H41ClN2O3S/c1-25-11-17-31-28(23-25)12-19-33-37(31)40(2,3)35(43(33)6)21-14-26-9-8-10-27(39(26)42)15-22-36-41(4,5)38-32-18-16-30(48(45,46)47)24-29(32)13-20-34(38)44(36)7/h11-24H,8-10H2,1-7H3. The van der Waals surface area contributed by atoms with E-state index in [1.807, 2.05) is 12.1 Å². The Morgan fingerprint density at radius 3 is 2.29 bits per heavy atom. The van der Waals surface area contributed by atoms with Crippen molar-refractivity contribution in [2.45, 2.75) is 69.6 Å². The fourth-order valence-corrected chi connectivity index (χ4v) is 9.14. The molecule has 5 nitrogen and oxygen atoms in total.